The smallest absolute Gasteiger partial charge is 0.330 e. The van der Waals surface area contributed by atoms with Gasteiger partial charge in [-0.2, -0.15) is 5.10 Å². The highest BCUT2D eigenvalue weighted by Gasteiger charge is 2.40. The fourth-order valence-electron chi connectivity index (χ4n) is 5.14. The van der Waals surface area contributed by atoms with E-state index in [2.05, 4.69) is 41.7 Å². The van der Waals surface area contributed by atoms with Gasteiger partial charge in [-0.3, -0.25) is 4.57 Å². The molecule has 9 heteroatoms. The Labute approximate surface area is 236 Å². The summed E-state index contributed by atoms with van der Waals surface area (Å²) in [6, 6.07) is 30.5. The molecule has 0 bridgehead atoms. The van der Waals surface area contributed by atoms with Gasteiger partial charge in [0, 0.05) is 0 Å². The van der Waals surface area contributed by atoms with Crippen LogP contribution in [0, 0.1) is 0 Å². The van der Waals surface area contributed by atoms with Crippen molar-refractivity contribution in [3.63, 3.8) is 0 Å². The number of nitrogens with zero attached hydrogens (tertiary/aromatic N) is 3. The standard InChI is InChI=1S/C31H39N4O4P/c1-4-38-40(37,39-5-2)22-21-28(36)23-29(32-3)30-33-24-35(34-30)31(25-15-9-6-10-16-25,26-17-11-7-12-18-26)27-19-13-8-14-20-27/h6-20,24,28-29,32,36H,4-5,21-23H2,1-3H3. The zero-order chi connectivity index (χ0) is 28.4. The third-order valence-corrected chi connectivity index (χ3v) is 9.09. The number of hydrogen-bond donors (Lipinski definition) is 2. The SMILES string of the molecule is CCOP(=O)(CCC(O)CC(NC)c1ncn(C(c2ccccc2)(c2ccccc2)c2ccccc2)n1)OCC. The molecular formula is C31H39N4O4P. The van der Waals surface area contributed by atoms with Crippen LogP contribution in [0.1, 0.15) is 55.2 Å². The summed E-state index contributed by atoms with van der Waals surface area (Å²) in [6.07, 6.45) is 1.78. The van der Waals surface area contributed by atoms with E-state index in [-0.39, 0.29) is 18.6 Å². The minimum absolute atomic E-state index is 0.146. The molecule has 2 atom stereocenters. The average Bonchev–Trinajstić information content (AvgIpc) is 3.48. The number of aliphatic hydroxyl groups excluding tert-OH is 1. The first-order valence-electron chi connectivity index (χ1n) is 13.8. The maximum absolute atomic E-state index is 12.9. The minimum Gasteiger partial charge on any atom is -0.393 e. The van der Waals surface area contributed by atoms with Crippen molar-refractivity contribution in [1.29, 1.82) is 0 Å². The Balaban J connectivity index is 1.69. The van der Waals surface area contributed by atoms with Crippen LogP contribution in [0.25, 0.3) is 0 Å². The summed E-state index contributed by atoms with van der Waals surface area (Å²) in [7, 11) is -1.41. The molecule has 1 aromatic heterocycles. The first-order valence-corrected chi connectivity index (χ1v) is 15.5. The zero-order valence-electron chi connectivity index (χ0n) is 23.4. The van der Waals surface area contributed by atoms with E-state index in [9.17, 15) is 9.67 Å². The van der Waals surface area contributed by atoms with E-state index in [0.717, 1.165) is 16.7 Å². The van der Waals surface area contributed by atoms with Crippen LogP contribution in [0.4, 0.5) is 0 Å². The number of aromatic nitrogens is 3. The van der Waals surface area contributed by atoms with E-state index in [4.69, 9.17) is 19.1 Å². The quantitative estimate of drug-likeness (QED) is 0.140. The van der Waals surface area contributed by atoms with Crippen molar-refractivity contribution in [2.75, 3.05) is 26.4 Å². The summed E-state index contributed by atoms with van der Waals surface area (Å²) in [5.74, 6) is 0.562. The topological polar surface area (TPSA) is 98.5 Å². The molecule has 0 aliphatic heterocycles. The second kappa shape index (κ2) is 14.0. The Hall–Kier alpha value is -3.13. The molecule has 1 heterocycles. The van der Waals surface area contributed by atoms with Gasteiger partial charge in [-0.15, -0.1) is 0 Å². The van der Waals surface area contributed by atoms with Crippen molar-refractivity contribution < 1.29 is 18.7 Å². The third kappa shape index (κ3) is 6.60. The molecule has 0 spiro atoms. The number of nitrogens with one attached hydrogen (secondary N) is 1. The molecule has 0 aliphatic rings. The molecule has 3 aromatic carbocycles. The van der Waals surface area contributed by atoms with Crippen LogP contribution >= 0.6 is 7.60 Å². The molecule has 2 N–H and O–H groups in total. The minimum atomic E-state index is -3.23. The van der Waals surface area contributed by atoms with Crippen molar-refractivity contribution >= 4 is 7.60 Å². The average molecular weight is 563 g/mol. The van der Waals surface area contributed by atoms with Crippen LogP contribution in [0.15, 0.2) is 97.3 Å². The van der Waals surface area contributed by atoms with Crippen molar-refractivity contribution in [2.45, 2.75) is 44.4 Å². The Morgan fingerprint density at radius 3 is 1.77 bits per heavy atom. The van der Waals surface area contributed by atoms with Gasteiger partial charge < -0.3 is 19.5 Å². The Morgan fingerprint density at radius 2 is 1.35 bits per heavy atom. The van der Waals surface area contributed by atoms with Gasteiger partial charge in [-0.05, 0) is 50.4 Å². The first kappa shape index (κ1) is 29.8. The largest absolute Gasteiger partial charge is 0.393 e. The highest BCUT2D eigenvalue weighted by atomic mass is 31.2. The number of aliphatic hydroxyl groups is 1. The number of benzene rings is 3. The van der Waals surface area contributed by atoms with E-state index >= 15 is 0 Å². The van der Waals surface area contributed by atoms with Gasteiger partial charge in [0.1, 0.15) is 11.9 Å². The molecule has 0 saturated heterocycles. The predicted octanol–water partition coefficient (Wildman–Crippen LogP) is 5.79. The molecule has 40 heavy (non-hydrogen) atoms. The van der Waals surface area contributed by atoms with Crippen LogP contribution in [-0.4, -0.2) is 52.4 Å². The molecule has 4 aromatic rings. The molecule has 0 fully saturated rings. The van der Waals surface area contributed by atoms with E-state index < -0.39 is 19.2 Å². The third-order valence-electron chi connectivity index (χ3n) is 6.98. The van der Waals surface area contributed by atoms with Gasteiger partial charge in [0.2, 0.25) is 0 Å². The molecular weight excluding hydrogens is 523 g/mol. The summed E-state index contributed by atoms with van der Waals surface area (Å²) in [4.78, 5) is 4.72. The van der Waals surface area contributed by atoms with Gasteiger partial charge in [0.05, 0.1) is 31.5 Å². The molecule has 4 rings (SSSR count). The molecule has 0 saturated carbocycles. The van der Waals surface area contributed by atoms with Crippen LogP contribution in [0.2, 0.25) is 0 Å². The first-order chi connectivity index (χ1) is 19.5. The van der Waals surface area contributed by atoms with Crippen molar-refractivity contribution in [3.8, 4) is 0 Å². The molecule has 8 nitrogen and oxygen atoms in total. The van der Waals surface area contributed by atoms with Crippen LogP contribution in [0.3, 0.4) is 0 Å². The lowest BCUT2D eigenvalue weighted by Crippen LogP contribution is -2.38. The lowest BCUT2D eigenvalue weighted by molar-refractivity contribution is 0.140. The van der Waals surface area contributed by atoms with E-state index in [0.29, 0.717) is 25.5 Å². The van der Waals surface area contributed by atoms with Gasteiger partial charge in [-0.25, -0.2) is 9.67 Å². The second-order valence-electron chi connectivity index (χ2n) is 9.55. The van der Waals surface area contributed by atoms with Crippen LogP contribution < -0.4 is 5.32 Å². The molecule has 0 amide bonds. The summed E-state index contributed by atoms with van der Waals surface area (Å²) in [5.41, 5.74) is 2.38. The second-order valence-corrected chi connectivity index (χ2v) is 11.7. The predicted molar refractivity (Wildman–Crippen MR) is 157 cm³/mol. The summed E-state index contributed by atoms with van der Waals surface area (Å²) in [6.45, 7) is 4.14. The number of hydrogen-bond acceptors (Lipinski definition) is 7. The summed E-state index contributed by atoms with van der Waals surface area (Å²) < 4.78 is 25.5. The lowest BCUT2D eigenvalue weighted by atomic mass is 9.77. The maximum Gasteiger partial charge on any atom is 0.330 e. The Bertz CT molecular complexity index is 1240. The van der Waals surface area contributed by atoms with Crippen molar-refractivity contribution in [1.82, 2.24) is 20.1 Å². The van der Waals surface area contributed by atoms with Crippen LogP contribution in [0.5, 0.6) is 0 Å². The molecule has 0 aliphatic carbocycles. The summed E-state index contributed by atoms with van der Waals surface area (Å²) >= 11 is 0. The van der Waals surface area contributed by atoms with Gasteiger partial charge in [0.15, 0.2) is 5.82 Å². The zero-order valence-corrected chi connectivity index (χ0v) is 24.3. The normalized spacial score (nSPS) is 13.7. The van der Waals surface area contributed by atoms with Crippen molar-refractivity contribution in [3.05, 3.63) is 120 Å². The summed E-state index contributed by atoms with van der Waals surface area (Å²) in [5, 5.41) is 19.2. The highest BCUT2D eigenvalue weighted by molar-refractivity contribution is 7.53. The monoisotopic (exact) mass is 562 g/mol. The lowest BCUT2D eigenvalue weighted by Gasteiger charge is -2.36. The van der Waals surface area contributed by atoms with Gasteiger partial charge in [0.25, 0.3) is 0 Å². The maximum atomic E-state index is 12.9. The molecule has 2 unspecified atom stereocenters. The fourth-order valence-corrected chi connectivity index (χ4v) is 6.87. The van der Waals surface area contributed by atoms with Crippen LogP contribution in [-0.2, 0) is 19.2 Å². The molecule has 0 radical (unpaired) electrons. The van der Waals surface area contributed by atoms with E-state index in [1.54, 1.807) is 20.2 Å². The van der Waals surface area contributed by atoms with Gasteiger partial charge >= 0.3 is 7.60 Å². The van der Waals surface area contributed by atoms with Crippen molar-refractivity contribution in [2.24, 2.45) is 0 Å². The number of rotatable bonds is 15. The Morgan fingerprint density at radius 1 is 0.875 bits per heavy atom. The Kier molecular flexibility index (Phi) is 10.4. The van der Waals surface area contributed by atoms with E-state index in [1.165, 1.54) is 0 Å². The molecule has 212 valence electrons. The fraction of sp³-hybridized carbons (Fsp3) is 0.355. The van der Waals surface area contributed by atoms with Gasteiger partial charge in [-0.1, -0.05) is 91.0 Å². The van der Waals surface area contributed by atoms with E-state index in [1.807, 2.05) is 66.3 Å². The highest BCUT2D eigenvalue weighted by Crippen LogP contribution is 2.49.